The van der Waals surface area contributed by atoms with Crippen molar-refractivity contribution in [2.24, 2.45) is 10.9 Å². The smallest absolute Gasteiger partial charge is 0.191 e. The minimum atomic E-state index is 0.167. The molecule has 0 amide bonds. The first-order valence-corrected chi connectivity index (χ1v) is 11.2. The summed E-state index contributed by atoms with van der Waals surface area (Å²) in [5.74, 6) is 1.30. The van der Waals surface area contributed by atoms with Crippen molar-refractivity contribution in [2.45, 2.75) is 38.5 Å². The molecule has 2 atom stereocenters. The molecule has 2 aromatic rings. The van der Waals surface area contributed by atoms with Gasteiger partial charge >= 0.3 is 0 Å². The molecule has 2 unspecified atom stereocenters. The van der Waals surface area contributed by atoms with E-state index in [0.29, 0.717) is 5.92 Å². The molecule has 5 heteroatoms. The maximum Gasteiger partial charge on any atom is 0.191 e. The molecule has 2 aromatic carbocycles. The van der Waals surface area contributed by atoms with Gasteiger partial charge in [0.1, 0.15) is 0 Å². The Balaban J connectivity index is 1.24. The summed E-state index contributed by atoms with van der Waals surface area (Å²) in [5, 5.41) is 6.94. The zero-order valence-corrected chi connectivity index (χ0v) is 18.0. The standard InChI is InChI=1S/C25H34N4O/c1-26-25(28-18-23-13-16-30-24(23)22-7-3-2-4-8-22)27-17-20-9-11-21(12-10-20)19-29-14-5-6-15-29/h2-4,7-12,23-24H,5-6,13-19H2,1H3,(H2,26,27,28). The number of nitrogens with zero attached hydrogens (tertiary/aromatic N) is 2. The summed E-state index contributed by atoms with van der Waals surface area (Å²) < 4.78 is 6.00. The Kier molecular flexibility index (Phi) is 7.38. The number of benzene rings is 2. The topological polar surface area (TPSA) is 48.9 Å². The fourth-order valence-electron chi connectivity index (χ4n) is 4.45. The fraction of sp³-hybridized carbons (Fsp3) is 0.480. The second kappa shape index (κ2) is 10.6. The largest absolute Gasteiger partial charge is 0.373 e. The Morgan fingerprint density at radius 3 is 2.47 bits per heavy atom. The molecule has 0 aliphatic carbocycles. The van der Waals surface area contributed by atoms with Crippen LogP contribution in [0.4, 0.5) is 0 Å². The van der Waals surface area contributed by atoms with E-state index in [4.69, 9.17) is 4.74 Å². The molecule has 0 radical (unpaired) electrons. The summed E-state index contributed by atoms with van der Waals surface area (Å²) >= 11 is 0. The Hall–Kier alpha value is -2.37. The van der Waals surface area contributed by atoms with Crippen LogP contribution in [0.5, 0.6) is 0 Å². The number of likely N-dealkylation sites (tertiary alicyclic amines) is 1. The van der Waals surface area contributed by atoms with Gasteiger partial charge in [-0.2, -0.15) is 0 Å². The van der Waals surface area contributed by atoms with E-state index in [0.717, 1.165) is 38.6 Å². The summed E-state index contributed by atoms with van der Waals surface area (Å²) in [5.41, 5.74) is 3.93. The zero-order chi connectivity index (χ0) is 20.6. The van der Waals surface area contributed by atoms with Gasteiger partial charge in [-0.05, 0) is 49.0 Å². The number of ether oxygens (including phenoxy) is 1. The summed E-state index contributed by atoms with van der Waals surface area (Å²) in [7, 11) is 1.83. The van der Waals surface area contributed by atoms with E-state index in [1.165, 1.54) is 42.6 Å². The molecule has 0 bridgehead atoms. The Morgan fingerprint density at radius 1 is 1.00 bits per heavy atom. The molecule has 2 aliphatic rings. The molecule has 2 fully saturated rings. The highest BCUT2D eigenvalue weighted by atomic mass is 16.5. The van der Waals surface area contributed by atoms with Crippen LogP contribution in [0.15, 0.2) is 59.6 Å². The van der Waals surface area contributed by atoms with Crippen molar-refractivity contribution < 1.29 is 4.74 Å². The van der Waals surface area contributed by atoms with Crippen molar-refractivity contribution in [1.82, 2.24) is 15.5 Å². The van der Waals surface area contributed by atoms with Gasteiger partial charge in [-0.3, -0.25) is 9.89 Å². The first-order chi connectivity index (χ1) is 14.8. The number of rotatable bonds is 7. The van der Waals surface area contributed by atoms with Crippen LogP contribution in [0.25, 0.3) is 0 Å². The third-order valence-corrected chi connectivity index (χ3v) is 6.19. The predicted molar refractivity (Wildman–Crippen MR) is 122 cm³/mol. The van der Waals surface area contributed by atoms with Crippen LogP contribution in [0.2, 0.25) is 0 Å². The molecule has 2 saturated heterocycles. The molecule has 4 rings (SSSR count). The van der Waals surface area contributed by atoms with Gasteiger partial charge in [0.2, 0.25) is 0 Å². The molecule has 30 heavy (non-hydrogen) atoms. The first-order valence-electron chi connectivity index (χ1n) is 11.2. The Bertz CT molecular complexity index is 800. The molecular weight excluding hydrogens is 372 g/mol. The van der Waals surface area contributed by atoms with Crippen LogP contribution in [0.3, 0.4) is 0 Å². The van der Waals surface area contributed by atoms with Crippen LogP contribution < -0.4 is 10.6 Å². The molecule has 2 N–H and O–H groups in total. The van der Waals surface area contributed by atoms with Crippen molar-refractivity contribution in [1.29, 1.82) is 0 Å². The van der Waals surface area contributed by atoms with Crippen LogP contribution in [0, 0.1) is 5.92 Å². The van der Waals surface area contributed by atoms with Gasteiger partial charge in [0.15, 0.2) is 5.96 Å². The monoisotopic (exact) mass is 406 g/mol. The van der Waals surface area contributed by atoms with E-state index < -0.39 is 0 Å². The third-order valence-electron chi connectivity index (χ3n) is 6.19. The maximum absolute atomic E-state index is 6.00. The lowest BCUT2D eigenvalue weighted by Crippen LogP contribution is -2.39. The second-order valence-corrected chi connectivity index (χ2v) is 8.36. The van der Waals surface area contributed by atoms with Gasteiger partial charge in [-0.25, -0.2) is 0 Å². The van der Waals surface area contributed by atoms with Gasteiger partial charge in [0.25, 0.3) is 0 Å². The molecule has 0 aromatic heterocycles. The summed E-state index contributed by atoms with van der Waals surface area (Å²) in [6.45, 7) is 6.00. The van der Waals surface area contributed by atoms with Gasteiger partial charge < -0.3 is 15.4 Å². The van der Waals surface area contributed by atoms with Crippen molar-refractivity contribution in [3.05, 3.63) is 71.3 Å². The molecule has 0 spiro atoms. The van der Waals surface area contributed by atoms with E-state index in [2.05, 4.69) is 75.1 Å². The minimum absolute atomic E-state index is 0.167. The molecule has 5 nitrogen and oxygen atoms in total. The summed E-state index contributed by atoms with van der Waals surface area (Å²) in [4.78, 5) is 6.93. The van der Waals surface area contributed by atoms with Gasteiger partial charge in [-0.15, -0.1) is 0 Å². The molecular formula is C25H34N4O. The lowest BCUT2D eigenvalue weighted by atomic mass is 9.95. The maximum atomic E-state index is 6.00. The quantitative estimate of drug-likeness (QED) is 0.543. The van der Waals surface area contributed by atoms with E-state index in [-0.39, 0.29) is 6.10 Å². The second-order valence-electron chi connectivity index (χ2n) is 8.36. The summed E-state index contributed by atoms with van der Waals surface area (Å²) in [6, 6.07) is 19.5. The van der Waals surface area contributed by atoms with Crippen LogP contribution >= 0.6 is 0 Å². The summed E-state index contributed by atoms with van der Waals surface area (Å²) in [6.07, 6.45) is 3.92. The van der Waals surface area contributed by atoms with E-state index in [1.807, 2.05) is 7.05 Å². The van der Waals surface area contributed by atoms with Crippen LogP contribution in [0.1, 0.15) is 42.1 Å². The first kappa shape index (κ1) is 20.9. The van der Waals surface area contributed by atoms with Crippen molar-refractivity contribution in [2.75, 3.05) is 33.3 Å². The minimum Gasteiger partial charge on any atom is -0.373 e. The van der Waals surface area contributed by atoms with Gasteiger partial charge in [0.05, 0.1) is 6.10 Å². The zero-order valence-electron chi connectivity index (χ0n) is 18.0. The van der Waals surface area contributed by atoms with E-state index >= 15 is 0 Å². The van der Waals surface area contributed by atoms with Crippen LogP contribution in [-0.4, -0.2) is 44.1 Å². The lowest BCUT2D eigenvalue weighted by Gasteiger charge is -2.21. The van der Waals surface area contributed by atoms with Crippen LogP contribution in [-0.2, 0) is 17.8 Å². The highest BCUT2D eigenvalue weighted by molar-refractivity contribution is 5.79. The number of guanidine groups is 1. The lowest BCUT2D eigenvalue weighted by molar-refractivity contribution is 0.0915. The number of aliphatic imine (C=N–C) groups is 1. The van der Waals surface area contributed by atoms with E-state index in [1.54, 1.807) is 0 Å². The van der Waals surface area contributed by atoms with Crippen molar-refractivity contribution >= 4 is 5.96 Å². The highest BCUT2D eigenvalue weighted by Crippen LogP contribution is 2.33. The third kappa shape index (κ3) is 5.61. The SMILES string of the molecule is CN=C(NCc1ccc(CN2CCCC2)cc1)NCC1CCOC1c1ccccc1. The van der Waals surface area contributed by atoms with Crippen molar-refractivity contribution in [3.8, 4) is 0 Å². The average Bonchev–Trinajstić information content (AvgIpc) is 3.48. The number of nitrogens with one attached hydrogen (secondary N) is 2. The Labute approximate surface area is 180 Å². The number of hydrogen-bond donors (Lipinski definition) is 2. The predicted octanol–water partition coefficient (Wildman–Crippen LogP) is 3.73. The molecule has 160 valence electrons. The van der Waals surface area contributed by atoms with Gasteiger partial charge in [-0.1, -0.05) is 54.6 Å². The molecule has 0 saturated carbocycles. The Morgan fingerprint density at radius 2 is 1.73 bits per heavy atom. The molecule has 2 heterocycles. The molecule has 2 aliphatic heterocycles. The van der Waals surface area contributed by atoms with E-state index in [9.17, 15) is 0 Å². The van der Waals surface area contributed by atoms with Gasteiger partial charge in [0, 0.05) is 39.2 Å². The fourth-order valence-corrected chi connectivity index (χ4v) is 4.45. The normalized spacial score (nSPS) is 22.4. The van der Waals surface area contributed by atoms with Crippen molar-refractivity contribution in [3.63, 3.8) is 0 Å². The number of hydrogen-bond acceptors (Lipinski definition) is 3. The average molecular weight is 407 g/mol. The highest BCUT2D eigenvalue weighted by Gasteiger charge is 2.29.